The largest absolute Gasteiger partial charge is 0.360 e. The fourth-order valence-corrected chi connectivity index (χ4v) is 5.67. The van der Waals surface area contributed by atoms with Crippen LogP contribution in [-0.4, -0.2) is 61.0 Å². The average molecular weight is 441 g/mol. The molecular weight excluding hydrogens is 420 g/mol. The number of H-pyrrole nitrogens is 1. The van der Waals surface area contributed by atoms with E-state index in [2.05, 4.69) is 36.0 Å². The third kappa shape index (κ3) is 3.52. The Labute approximate surface area is 178 Å². The molecule has 1 N–H and O–H groups in total. The summed E-state index contributed by atoms with van der Waals surface area (Å²) < 4.78 is 23.9. The molecule has 1 saturated heterocycles. The van der Waals surface area contributed by atoms with Gasteiger partial charge >= 0.3 is 0 Å². The van der Waals surface area contributed by atoms with Crippen molar-refractivity contribution in [1.82, 2.24) is 20.2 Å². The van der Waals surface area contributed by atoms with Gasteiger partial charge < -0.3 is 9.80 Å². The fraction of sp³-hybridized carbons (Fsp3) is 0.250. The van der Waals surface area contributed by atoms with Crippen LogP contribution in [0.5, 0.6) is 0 Å². The minimum absolute atomic E-state index is 0.411. The van der Waals surface area contributed by atoms with Gasteiger partial charge in [-0.2, -0.15) is 5.10 Å². The summed E-state index contributed by atoms with van der Waals surface area (Å²) in [4.78, 5) is 13.5. The molecule has 1 aliphatic heterocycles. The summed E-state index contributed by atoms with van der Waals surface area (Å²) in [6, 6.07) is 9.75. The molecular formula is C20H20N6O2S2. The van der Waals surface area contributed by atoms with Gasteiger partial charge in [0.15, 0.2) is 9.84 Å². The van der Waals surface area contributed by atoms with Gasteiger partial charge in [0.1, 0.15) is 16.4 Å². The highest BCUT2D eigenvalue weighted by Crippen LogP contribution is 2.32. The van der Waals surface area contributed by atoms with Crippen LogP contribution in [0.15, 0.2) is 53.3 Å². The predicted octanol–water partition coefficient (Wildman–Crippen LogP) is 2.81. The van der Waals surface area contributed by atoms with Gasteiger partial charge in [-0.05, 0) is 29.8 Å². The first kappa shape index (κ1) is 19.0. The molecule has 10 heteroatoms. The maximum absolute atomic E-state index is 11.8. The zero-order chi connectivity index (χ0) is 20.7. The molecule has 0 spiro atoms. The summed E-state index contributed by atoms with van der Waals surface area (Å²) in [5, 5.41) is 8.89. The monoisotopic (exact) mass is 440 g/mol. The second kappa shape index (κ2) is 7.37. The summed E-state index contributed by atoms with van der Waals surface area (Å²) in [5.41, 5.74) is 3.00. The van der Waals surface area contributed by atoms with E-state index < -0.39 is 9.84 Å². The van der Waals surface area contributed by atoms with Crippen LogP contribution in [0.1, 0.15) is 0 Å². The number of fused-ring (bicyclic) bond motifs is 1. The summed E-state index contributed by atoms with van der Waals surface area (Å²) >= 11 is 1.33. The van der Waals surface area contributed by atoms with E-state index in [4.69, 9.17) is 0 Å². The van der Waals surface area contributed by atoms with Gasteiger partial charge in [-0.1, -0.05) is 6.07 Å². The van der Waals surface area contributed by atoms with Crippen molar-refractivity contribution in [1.29, 1.82) is 0 Å². The Morgan fingerprint density at radius 3 is 2.50 bits per heavy atom. The Kier molecular flexibility index (Phi) is 4.67. The Balaban J connectivity index is 1.39. The highest BCUT2D eigenvalue weighted by Gasteiger charge is 2.22. The van der Waals surface area contributed by atoms with Crippen LogP contribution in [0, 0.1) is 0 Å². The number of aromatic nitrogens is 4. The van der Waals surface area contributed by atoms with E-state index >= 15 is 0 Å². The van der Waals surface area contributed by atoms with Gasteiger partial charge in [-0.25, -0.2) is 18.4 Å². The molecule has 4 aromatic rings. The molecule has 1 aromatic carbocycles. The van der Waals surface area contributed by atoms with E-state index in [0.29, 0.717) is 4.21 Å². The van der Waals surface area contributed by atoms with Crippen LogP contribution < -0.4 is 9.80 Å². The first-order valence-corrected chi connectivity index (χ1v) is 12.2. The lowest BCUT2D eigenvalue weighted by atomic mass is 10.1. The van der Waals surface area contributed by atoms with Gasteiger partial charge in [0.25, 0.3) is 0 Å². The molecule has 30 heavy (non-hydrogen) atoms. The maximum Gasteiger partial charge on any atom is 0.184 e. The van der Waals surface area contributed by atoms with E-state index in [1.807, 2.05) is 24.4 Å². The smallest absolute Gasteiger partial charge is 0.184 e. The predicted molar refractivity (Wildman–Crippen MR) is 119 cm³/mol. The second-order valence-electron chi connectivity index (χ2n) is 7.26. The number of rotatable bonds is 4. The van der Waals surface area contributed by atoms with Crippen molar-refractivity contribution in [2.24, 2.45) is 0 Å². The lowest BCUT2D eigenvalue weighted by Crippen LogP contribution is -2.46. The zero-order valence-corrected chi connectivity index (χ0v) is 17.9. The molecule has 5 rings (SSSR count). The zero-order valence-electron chi connectivity index (χ0n) is 16.3. The SMILES string of the molecule is CS(=O)(=O)c1ccc(N2CCN(c3ncnc4ccc(-c5cn[nH]c5)cc34)CC2)s1. The minimum atomic E-state index is -3.16. The van der Waals surface area contributed by atoms with E-state index in [1.165, 1.54) is 17.6 Å². The van der Waals surface area contributed by atoms with E-state index in [9.17, 15) is 8.42 Å². The number of piperazine rings is 1. The number of hydrogen-bond acceptors (Lipinski definition) is 8. The van der Waals surface area contributed by atoms with Gasteiger partial charge in [0.05, 0.1) is 16.7 Å². The molecule has 0 saturated carbocycles. The molecule has 0 unspecified atom stereocenters. The standard InChI is InChI=1S/C20H20N6O2S2/c1-30(27,28)19-5-4-18(29-19)25-6-8-26(9-7-25)20-16-10-14(15-11-23-24-12-15)2-3-17(16)21-13-22-20/h2-5,10-13H,6-9H2,1H3,(H,23,24). The Morgan fingerprint density at radius 1 is 1.00 bits per heavy atom. The van der Waals surface area contributed by atoms with Gasteiger partial charge in [0.2, 0.25) is 0 Å². The van der Waals surface area contributed by atoms with Crippen LogP contribution in [-0.2, 0) is 9.84 Å². The minimum Gasteiger partial charge on any atom is -0.360 e. The highest BCUT2D eigenvalue weighted by molar-refractivity contribution is 7.92. The van der Waals surface area contributed by atoms with Crippen LogP contribution in [0.2, 0.25) is 0 Å². The van der Waals surface area contributed by atoms with E-state index in [1.54, 1.807) is 18.6 Å². The Bertz CT molecular complexity index is 1290. The lowest BCUT2D eigenvalue weighted by Gasteiger charge is -2.36. The Morgan fingerprint density at radius 2 is 1.80 bits per heavy atom. The van der Waals surface area contributed by atoms with Crippen molar-refractivity contribution >= 4 is 42.9 Å². The topological polar surface area (TPSA) is 95.1 Å². The summed E-state index contributed by atoms with van der Waals surface area (Å²) in [7, 11) is -3.16. The van der Waals surface area contributed by atoms with Crippen LogP contribution in [0.3, 0.4) is 0 Å². The van der Waals surface area contributed by atoms with Crippen LogP contribution in [0.4, 0.5) is 10.8 Å². The first-order chi connectivity index (χ1) is 14.5. The van der Waals surface area contributed by atoms with Crippen molar-refractivity contribution < 1.29 is 8.42 Å². The molecule has 0 amide bonds. The van der Waals surface area contributed by atoms with Crippen LogP contribution in [0.25, 0.3) is 22.0 Å². The summed E-state index contributed by atoms with van der Waals surface area (Å²) in [6.07, 6.45) is 6.53. The quantitative estimate of drug-likeness (QED) is 0.521. The molecule has 0 atom stereocenters. The molecule has 4 heterocycles. The number of nitrogens with one attached hydrogen (secondary N) is 1. The number of hydrogen-bond donors (Lipinski definition) is 1. The number of anilines is 2. The highest BCUT2D eigenvalue weighted by atomic mass is 32.2. The molecule has 1 fully saturated rings. The fourth-order valence-electron chi connectivity index (χ4n) is 3.70. The molecule has 1 aliphatic rings. The van der Waals surface area contributed by atoms with Crippen molar-refractivity contribution in [2.75, 3.05) is 42.2 Å². The van der Waals surface area contributed by atoms with Crippen molar-refractivity contribution in [3.8, 4) is 11.1 Å². The molecule has 8 nitrogen and oxygen atoms in total. The van der Waals surface area contributed by atoms with Gasteiger partial charge in [-0.15, -0.1) is 11.3 Å². The number of aromatic amines is 1. The molecule has 154 valence electrons. The Hall–Kier alpha value is -2.98. The first-order valence-electron chi connectivity index (χ1n) is 9.53. The average Bonchev–Trinajstić information content (AvgIpc) is 3.45. The van der Waals surface area contributed by atoms with Crippen molar-refractivity contribution in [2.45, 2.75) is 4.21 Å². The number of thiophene rings is 1. The molecule has 0 bridgehead atoms. The number of nitrogens with zero attached hydrogens (tertiary/aromatic N) is 5. The third-order valence-corrected chi connectivity index (χ3v) is 8.24. The van der Waals surface area contributed by atoms with Crippen LogP contribution >= 0.6 is 11.3 Å². The van der Waals surface area contributed by atoms with E-state index in [0.717, 1.165) is 59.0 Å². The molecule has 0 aliphatic carbocycles. The number of benzene rings is 1. The molecule has 3 aromatic heterocycles. The third-order valence-electron chi connectivity index (χ3n) is 5.27. The second-order valence-corrected chi connectivity index (χ2v) is 10.6. The van der Waals surface area contributed by atoms with E-state index in [-0.39, 0.29) is 0 Å². The molecule has 0 radical (unpaired) electrons. The summed E-state index contributed by atoms with van der Waals surface area (Å²) in [6.45, 7) is 3.20. The van der Waals surface area contributed by atoms with Crippen molar-refractivity contribution in [3.05, 3.63) is 49.1 Å². The maximum atomic E-state index is 11.8. The lowest BCUT2D eigenvalue weighted by molar-refractivity contribution is 0.604. The van der Waals surface area contributed by atoms with Gasteiger partial charge in [-0.3, -0.25) is 5.10 Å². The van der Waals surface area contributed by atoms with Crippen molar-refractivity contribution in [3.63, 3.8) is 0 Å². The normalized spacial score (nSPS) is 15.1. The van der Waals surface area contributed by atoms with Gasteiger partial charge in [0, 0.05) is 49.6 Å². The summed E-state index contributed by atoms with van der Waals surface area (Å²) in [5.74, 6) is 0.924. The number of sulfone groups is 1.